The summed E-state index contributed by atoms with van der Waals surface area (Å²) in [5, 5.41) is 3.05. The molecule has 0 bridgehead atoms. The number of hydrogen-bond acceptors (Lipinski definition) is 3. The molecule has 1 aliphatic rings. The van der Waals surface area contributed by atoms with Crippen molar-refractivity contribution in [1.82, 2.24) is 0 Å². The summed E-state index contributed by atoms with van der Waals surface area (Å²) in [6, 6.07) is 12.3. The molecule has 0 aliphatic carbocycles. The number of fused-ring (bicyclic) bond motifs is 1. The van der Waals surface area contributed by atoms with E-state index in [4.69, 9.17) is 9.47 Å². The zero-order valence-electron chi connectivity index (χ0n) is 9.65. The third kappa shape index (κ3) is 1.97. The van der Waals surface area contributed by atoms with Crippen molar-refractivity contribution < 1.29 is 13.9 Å². The molecule has 3 rings (SSSR count). The molecule has 0 amide bonds. The van der Waals surface area contributed by atoms with Gasteiger partial charge < -0.3 is 14.8 Å². The Balaban J connectivity index is 1.78. The minimum atomic E-state index is -0.262. The fourth-order valence-electron chi connectivity index (χ4n) is 1.92. The first-order chi connectivity index (χ1) is 8.84. The zero-order valence-corrected chi connectivity index (χ0v) is 9.65. The van der Waals surface area contributed by atoms with E-state index in [1.54, 1.807) is 18.2 Å². The lowest BCUT2D eigenvalue weighted by Gasteiger charge is -2.09. The molecule has 18 heavy (non-hydrogen) atoms. The van der Waals surface area contributed by atoms with Gasteiger partial charge in [-0.3, -0.25) is 0 Å². The average molecular weight is 245 g/mol. The first-order valence-electron chi connectivity index (χ1n) is 5.70. The highest BCUT2D eigenvalue weighted by Gasteiger charge is 2.16. The summed E-state index contributed by atoms with van der Waals surface area (Å²) in [5.41, 5.74) is 1.43. The number of halogens is 1. The maximum Gasteiger partial charge on any atom is 0.231 e. The molecular weight excluding hydrogens is 233 g/mol. The fourth-order valence-corrected chi connectivity index (χ4v) is 1.92. The molecule has 0 unspecified atom stereocenters. The van der Waals surface area contributed by atoms with Gasteiger partial charge in [0, 0.05) is 12.1 Å². The van der Waals surface area contributed by atoms with E-state index in [0.717, 1.165) is 17.1 Å². The first kappa shape index (κ1) is 10.9. The number of anilines is 1. The molecular formula is C14H12FNO2. The lowest BCUT2D eigenvalue weighted by molar-refractivity contribution is 0.173. The van der Waals surface area contributed by atoms with Gasteiger partial charge in [0.1, 0.15) is 5.82 Å². The monoisotopic (exact) mass is 245 g/mol. The Morgan fingerprint density at radius 3 is 2.83 bits per heavy atom. The fraction of sp³-hybridized carbons (Fsp3) is 0.143. The van der Waals surface area contributed by atoms with Crippen LogP contribution >= 0.6 is 0 Å². The molecule has 0 fully saturated rings. The Labute approximate surface area is 104 Å². The highest BCUT2D eigenvalue weighted by molar-refractivity contribution is 5.51. The number of hydrogen-bond donors (Lipinski definition) is 1. The van der Waals surface area contributed by atoms with Gasteiger partial charge in [-0.1, -0.05) is 24.3 Å². The van der Waals surface area contributed by atoms with Crippen LogP contribution in [0.15, 0.2) is 42.5 Å². The Hall–Kier alpha value is -2.23. The summed E-state index contributed by atoms with van der Waals surface area (Å²) in [6.45, 7) is 0.736. The predicted molar refractivity (Wildman–Crippen MR) is 66.3 cm³/mol. The van der Waals surface area contributed by atoms with Gasteiger partial charge in [0.25, 0.3) is 0 Å². The van der Waals surface area contributed by atoms with Crippen LogP contribution < -0.4 is 14.8 Å². The maximum absolute atomic E-state index is 13.4. The van der Waals surface area contributed by atoms with Crippen LogP contribution in [0.2, 0.25) is 0 Å². The summed E-state index contributed by atoms with van der Waals surface area (Å²) >= 11 is 0. The van der Waals surface area contributed by atoms with E-state index >= 15 is 0 Å². The van der Waals surface area contributed by atoms with Crippen LogP contribution in [-0.2, 0) is 6.54 Å². The molecule has 0 spiro atoms. The lowest BCUT2D eigenvalue weighted by Crippen LogP contribution is -2.02. The molecule has 4 heteroatoms. The molecule has 2 aromatic rings. The summed E-state index contributed by atoms with van der Waals surface area (Å²) in [5.74, 6) is 1.21. The molecule has 0 aromatic heterocycles. The third-order valence-corrected chi connectivity index (χ3v) is 2.82. The van der Waals surface area contributed by atoms with Gasteiger partial charge >= 0.3 is 0 Å². The van der Waals surface area contributed by atoms with Crippen LogP contribution in [0, 0.1) is 5.82 Å². The van der Waals surface area contributed by atoms with Gasteiger partial charge in [0.15, 0.2) is 11.5 Å². The SMILES string of the molecule is Fc1ccccc1NCc1cccc2c1OCO2. The van der Waals surface area contributed by atoms with Crippen LogP contribution in [0.25, 0.3) is 0 Å². The van der Waals surface area contributed by atoms with Crippen molar-refractivity contribution in [3.8, 4) is 11.5 Å². The van der Waals surface area contributed by atoms with Gasteiger partial charge in [-0.15, -0.1) is 0 Å². The van der Waals surface area contributed by atoms with E-state index in [1.165, 1.54) is 6.07 Å². The summed E-state index contributed by atoms with van der Waals surface area (Å²) in [6.07, 6.45) is 0. The zero-order chi connectivity index (χ0) is 12.4. The van der Waals surface area contributed by atoms with Crippen LogP contribution in [0.4, 0.5) is 10.1 Å². The van der Waals surface area contributed by atoms with Crippen molar-refractivity contribution in [3.05, 3.63) is 53.8 Å². The first-order valence-corrected chi connectivity index (χ1v) is 5.70. The number of nitrogens with one attached hydrogen (secondary N) is 1. The van der Waals surface area contributed by atoms with Gasteiger partial charge in [0.05, 0.1) is 5.69 Å². The largest absolute Gasteiger partial charge is 0.454 e. The number of ether oxygens (including phenoxy) is 2. The molecule has 0 radical (unpaired) electrons. The van der Waals surface area contributed by atoms with Crippen molar-refractivity contribution in [3.63, 3.8) is 0 Å². The smallest absolute Gasteiger partial charge is 0.231 e. The highest BCUT2D eigenvalue weighted by Crippen LogP contribution is 2.35. The van der Waals surface area contributed by atoms with E-state index in [1.807, 2.05) is 18.2 Å². The van der Waals surface area contributed by atoms with E-state index in [9.17, 15) is 4.39 Å². The molecule has 2 aromatic carbocycles. The topological polar surface area (TPSA) is 30.5 Å². The van der Waals surface area contributed by atoms with Crippen molar-refractivity contribution in [2.45, 2.75) is 6.54 Å². The van der Waals surface area contributed by atoms with E-state index in [-0.39, 0.29) is 12.6 Å². The van der Waals surface area contributed by atoms with Gasteiger partial charge in [-0.2, -0.15) is 0 Å². The van der Waals surface area contributed by atoms with E-state index < -0.39 is 0 Å². The van der Waals surface area contributed by atoms with Crippen molar-refractivity contribution in [2.75, 3.05) is 12.1 Å². The summed E-state index contributed by atoms with van der Waals surface area (Å²) in [4.78, 5) is 0. The van der Waals surface area contributed by atoms with Crippen LogP contribution in [0.3, 0.4) is 0 Å². The Morgan fingerprint density at radius 1 is 1.06 bits per heavy atom. The standard InChI is InChI=1S/C14H12FNO2/c15-11-5-1-2-6-12(11)16-8-10-4-3-7-13-14(10)18-9-17-13/h1-7,16H,8-9H2. The van der Waals surface area contributed by atoms with Gasteiger partial charge in [0.2, 0.25) is 6.79 Å². The number of rotatable bonds is 3. The molecule has 0 saturated heterocycles. The van der Waals surface area contributed by atoms with E-state index in [0.29, 0.717) is 12.2 Å². The third-order valence-electron chi connectivity index (χ3n) is 2.82. The molecule has 1 heterocycles. The van der Waals surface area contributed by atoms with E-state index in [2.05, 4.69) is 5.32 Å². The molecule has 0 atom stereocenters. The molecule has 1 aliphatic heterocycles. The quantitative estimate of drug-likeness (QED) is 0.901. The van der Waals surface area contributed by atoms with Gasteiger partial charge in [-0.25, -0.2) is 4.39 Å². The lowest BCUT2D eigenvalue weighted by atomic mass is 10.2. The number of benzene rings is 2. The van der Waals surface area contributed by atoms with Crippen molar-refractivity contribution in [1.29, 1.82) is 0 Å². The normalized spacial score (nSPS) is 12.5. The Kier molecular flexibility index (Phi) is 2.76. The van der Waals surface area contributed by atoms with Crippen LogP contribution in [0.5, 0.6) is 11.5 Å². The second-order valence-electron chi connectivity index (χ2n) is 3.98. The van der Waals surface area contributed by atoms with Crippen LogP contribution in [-0.4, -0.2) is 6.79 Å². The Morgan fingerprint density at radius 2 is 1.94 bits per heavy atom. The summed E-state index contributed by atoms with van der Waals surface area (Å²) in [7, 11) is 0. The summed E-state index contributed by atoms with van der Waals surface area (Å²) < 4.78 is 24.1. The van der Waals surface area contributed by atoms with Crippen LogP contribution in [0.1, 0.15) is 5.56 Å². The molecule has 92 valence electrons. The second-order valence-corrected chi connectivity index (χ2v) is 3.98. The minimum absolute atomic E-state index is 0.242. The molecule has 1 N–H and O–H groups in total. The molecule has 0 saturated carbocycles. The second kappa shape index (κ2) is 4.56. The minimum Gasteiger partial charge on any atom is -0.454 e. The van der Waals surface area contributed by atoms with Gasteiger partial charge in [-0.05, 0) is 18.2 Å². The predicted octanol–water partition coefficient (Wildman–Crippen LogP) is 3.17. The highest BCUT2D eigenvalue weighted by atomic mass is 19.1. The van der Waals surface area contributed by atoms with Crippen molar-refractivity contribution in [2.24, 2.45) is 0 Å². The maximum atomic E-state index is 13.4. The van der Waals surface area contributed by atoms with Crippen molar-refractivity contribution >= 4 is 5.69 Å². The average Bonchev–Trinajstić information content (AvgIpc) is 2.86. The Bertz CT molecular complexity index is 571. The molecule has 3 nitrogen and oxygen atoms in total. The number of para-hydroxylation sites is 2.